The maximum Gasteiger partial charge on any atom is 0.407 e. The highest BCUT2D eigenvalue weighted by atomic mass is 32.2. The summed E-state index contributed by atoms with van der Waals surface area (Å²) >= 11 is 1.07. The smallest absolute Gasteiger partial charge is 0.407 e. The first-order chi connectivity index (χ1) is 30.4. The molecule has 1 aromatic heterocycles. The first-order valence-corrected chi connectivity index (χ1v) is 26.5. The highest BCUT2D eigenvalue weighted by Gasteiger charge is 2.37. The minimum Gasteiger partial charge on any atom is -0.480 e. The minimum absolute atomic E-state index is 0.0608. The van der Waals surface area contributed by atoms with Crippen LogP contribution in [0.1, 0.15) is 50.9 Å². The number of nitrogens with one attached hydrogen (secondary N) is 2. The molecule has 3 N–H and O–H groups in total. The van der Waals surface area contributed by atoms with Crippen molar-refractivity contribution in [2.24, 2.45) is 5.41 Å². The van der Waals surface area contributed by atoms with Gasteiger partial charge in [-0.3, -0.25) is 9.59 Å². The Morgan fingerprint density at radius 3 is 2.17 bits per heavy atom. The van der Waals surface area contributed by atoms with Crippen LogP contribution in [0.5, 0.6) is 0 Å². The van der Waals surface area contributed by atoms with Crippen LogP contribution in [0.15, 0.2) is 60.8 Å². The molecular weight excluding hydrogens is 867 g/mol. The number of alkyl carbamates (subject to hydrolysis) is 1. The lowest BCUT2D eigenvalue weighted by Gasteiger charge is -2.41. The van der Waals surface area contributed by atoms with E-state index in [9.17, 15) is 28.7 Å². The van der Waals surface area contributed by atoms with Crippen LogP contribution in [-0.2, 0) is 44.6 Å². The lowest BCUT2D eigenvalue weighted by Crippen LogP contribution is -2.45. The second-order valence-electron chi connectivity index (χ2n) is 17.5. The van der Waals surface area contributed by atoms with Crippen molar-refractivity contribution in [2.75, 3.05) is 84.6 Å². The molecule has 2 atom stereocenters. The van der Waals surface area contributed by atoms with Gasteiger partial charge in [0.1, 0.15) is 17.7 Å². The third-order valence-electron chi connectivity index (χ3n) is 9.82. The van der Waals surface area contributed by atoms with E-state index >= 15 is 4.39 Å². The predicted octanol–water partition coefficient (Wildman–Crippen LogP) is 7.24. The molecule has 3 rings (SSSR count). The molecule has 18 heteroatoms. The second-order valence-corrected chi connectivity index (χ2v) is 24.2. The summed E-state index contributed by atoms with van der Waals surface area (Å²) in [5.41, 5.74) is 1.49. The number of carboxylic acids is 1. The van der Waals surface area contributed by atoms with Crippen LogP contribution >= 0.6 is 11.8 Å². The number of hydrogen-bond donors (Lipinski definition) is 3. The molecule has 0 aliphatic rings. The SMILES string of the molecule is COCCOCCOCCOCCC(=O)N[C@@H](CSCC(=O)N(CCCNC(=O)OCC[Si](C)(C)C)[C@@H](c1cc(-c2cc(F)ccc2F)cn1Cc1ccccc1)C(C)(C)C)C(=O)O. The molecular formula is C46H68F2N4O10SSi. The molecule has 0 saturated carbocycles. The van der Waals surface area contributed by atoms with Gasteiger partial charge in [0.2, 0.25) is 11.8 Å². The Balaban J connectivity index is 1.79. The Labute approximate surface area is 382 Å². The van der Waals surface area contributed by atoms with E-state index in [1.165, 1.54) is 0 Å². The average molecular weight is 935 g/mol. The molecule has 3 aromatic rings. The fourth-order valence-corrected chi connectivity index (χ4v) is 8.22. The monoisotopic (exact) mass is 934 g/mol. The second kappa shape index (κ2) is 27.9. The molecule has 0 bridgehead atoms. The Bertz CT molecular complexity index is 1890. The molecule has 0 fully saturated rings. The van der Waals surface area contributed by atoms with Crippen molar-refractivity contribution in [3.63, 3.8) is 0 Å². The molecule has 0 spiro atoms. The molecule has 356 valence electrons. The number of methoxy groups -OCH3 is 1. The van der Waals surface area contributed by atoms with E-state index in [1.54, 1.807) is 24.3 Å². The number of aromatic nitrogens is 1. The number of halogens is 2. The number of nitrogens with zero attached hydrogens (tertiary/aromatic N) is 2. The van der Waals surface area contributed by atoms with Crippen molar-refractivity contribution < 1.29 is 56.7 Å². The van der Waals surface area contributed by atoms with Crippen molar-refractivity contribution in [3.05, 3.63) is 83.7 Å². The summed E-state index contributed by atoms with van der Waals surface area (Å²) in [7, 11) is 0.175. The van der Waals surface area contributed by atoms with Crippen LogP contribution in [0.3, 0.4) is 0 Å². The van der Waals surface area contributed by atoms with Gasteiger partial charge in [0.15, 0.2) is 0 Å². The molecule has 2 aromatic carbocycles. The van der Waals surface area contributed by atoms with Gasteiger partial charge < -0.3 is 48.9 Å². The Kier molecular flexibility index (Phi) is 23.5. The summed E-state index contributed by atoms with van der Waals surface area (Å²) in [6, 6.07) is 13.6. The van der Waals surface area contributed by atoms with Crippen LogP contribution in [-0.4, -0.2) is 137 Å². The Hall–Kier alpha value is -4.33. The van der Waals surface area contributed by atoms with Gasteiger partial charge in [0, 0.05) is 70.0 Å². The van der Waals surface area contributed by atoms with Gasteiger partial charge in [0.05, 0.1) is 64.6 Å². The first kappa shape index (κ1) is 54.0. The summed E-state index contributed by atoms with van der Waals surface area (Å²) < 4.78 is 58.3. The first-order valence-electron chi connectivity index (χ1n) is 21.6. The molecule has 14 nitrogen and oxygen atoms in total. The van der Waals surface area contributed by atoms with E-state index in [0.717, 1.165) is 41.6 Å². The van der Waals surface area contributed by atoms with E-state index in [1.807, 2.05) is 55.7 Å². The third-order valence-corrected chi connectivity index (χ3v) is 12.5. The van der Waals surface area contributed by atoms with Gasteiger partial charge in [-0.05, 0) is 47.7 Å². The fraction of sp³-hybridized carbons (Fsp3) is 0.565. The van der Waals surface area contributed by atoms with E-state index in [2.05, 4.69) is 30.3 Å². The van der Waals surface area contributed by atoms with Gasteiger partial charge in [0.25, 0.3) is 0 Å². The number of benzene rings is 2. The van der Waals surface area contributed by atoms with Crippen molar-refractivity contribution >= 4 is 43.7 Å². The van der Waals surface area contributed by atoms with Crippen LogP contribution in [0.2, 0.25) is 25.7 Å². The maximum absolute atomic E-state index is 15.3. The quantitative estimate of drug-likeness (QED) is 0.0456. The number of ether oxygens (including phenoxy) is 5. The molecule has 0 aliphatic carbocycles. The number of carbonyl (C=O) groups is 4. The topological polar surface area (TPSA) is 167 Å². The standard InChI is InChI=1S/C46H68F2N4O10SSi/c1-46(2,3)43(40-28-35(37-29-36(47)14-15-38(37)48)31-51(40)30-34-12-9-8-10-13-34)52(18-11-17-49-45(57)62-26-27-64(5,6)7)42(54)33-63-32-39(44(55)56)50-41(53)16-19-59-22-23-61-25-24-60-21-20-58-4/h8-10,12-15,28-29,31,39,43H,11,16-27,30,32-33H2,1-7H3,(H,49,57)(H,50,53)(H,55,56)/t39-,43-/m0/s1. The molecule has 0 saturated heterocycles. The van der Waals surface area contributed by atoms with Crippen LogP contribution < -0.4 is 10.6 Å². The molecule has 0 aliphatic heterocycles. The van der Waals surface area contributed by atoms with Crippen molar-refractivity contribution in [3.8, 4) is 11.1 Å². The van der Waals surface area contributed by atoms with E-state index < -0.39 is 55.2 Å². The molecule has 64 heavy (non-hydrogen) atoms. The highest BCUT2D eigenvalue weighted by Crippen LogP contribution is 2.41. The van der Waals surface area contributed by atoms with Crippen LogP contribution in [0.25, 0.3) is 11.1 Å². The van der Waals surface area contributed by atoms with Crippen LogP contribution in [0.4, 0.5) is 13.6 Å². The van der Waals surface area contributed by atoms with E-state index in [4.69, 9.17) is 23.7 Å². The summed E-state index contributed by atoms with van der Waals surface area (Å²) in [6.07, 6.45) is 1.49. The average Bonchev–Trinajstić information content (AvgIpc) is 3.62. The number of hydrogen-bond acceptors (Lipinski definition) is 10. The number of thioether (sulfide) groups is 1. The van der Waals surface area contributed by atoms with Gasteiger partial charge in [-0.15, -0.1) is 11.8 Å². The van der Waals surface area contributed by atoms with Gasteiger partial charge in [-0.25, -0.2) is 18.4 Å². The molecule has 3 amide bonds. The lowest BCUT2D eigenvalue weighted by molar-refractivity contribution is -0.141. The van der Waals surface area contributed by atoms with Crippen molar-refractivity contribution in [1.82, 2.24) is 20.1 Å². The van der Waals surface area contributed by atoms with Crippen molar-refractivity contribution in [1.29, 1.82) is 0 Å². The highest BCUT2D eigenvalue weighted by molar-refractivity contribution is 8.00. The zero-order chi connectivity index (χ0) is 47.1. The third kappa shape index (κ3) is 20.2. The zero-order valence-corrected chi connectivity index (χ0v) is 40.2. The fourth-order valence-electron chi connectivity index (χ4n) is 6.59. The number of rotatable bonds is 30. The number of carboxylic acid groups (broad SMARTS) is 1. The molecule has 1 heterocycles. The Morgan fingerprint density at radius 2 is 1.55 bits per heavy atom. The van der Waals surface area contributed by atoms with Gasteiger partial charge in [-0.2, -0.15) is 0 Å². The summed E-state index contributed by atoms with van der Waals surface area (Å²) in [5, 5.41) is 15.3. The Morgan fingerprint density at radius 1 is 0.891 bits per heavy atom. The normalized spacial score (nSPS) is 12.7. The lowest BCUT2D eigenvalue weighted by atomic mass is 9.83. The number of aliphatic carboxylic acids is 1. The van der Waals surface area contributed by atoms with Gasteiger partial charge in [-0.1, -0.05) is 70.7 Å². The van der Waals surface area contributed by atoms with Crippen molar-refractivity contribution in [2.45, 2.75) is 77.9 Å². The maximum atomic E-state index is 15.3. The van der Waals surface area contributed by atoms with Crippen LogP contribution in [0, 0.1) is 17.0 Å². The van der Waals surface area contributed by atoms with Gasteiger partial charge >= 0.3 is 12.1 Å². The molecule has 0 radical (unpaired) electrons. The minimum atomic E-state index is -1.42. The zero-order valence-electron chi connectivity index (χ0n) is 38.4. The number of amides is 3. The largest absolute Gasteiger partial charge is 0.480 e. The van der Waals surface area contributed by atoms with E-state index in [0.29, 0.717) is 63.9 Å². The van der Waals surface area contributed by atoms with E-state index in [-0.39, 0.29) is 55.7 Å². The summed E-state index contributed by atoms with van der Waals surface area (Å²) in [4.78, 5) is 53.7. The summed E-state index contributed by atoms with van der Waals surface area (Å²) in [6.45, 7) is 16.0. The summed E-state index contributed by atoms with van der Waals surface area (Å²) in [5.74, 6) is -3.51. The molecule has 0 unspecified atom stereocenters. The predicted molar refractivity (Wildman–Crippen MR) is 247 cm³/mol. The number of carbonyl (C=O) groups excluding carboxylic acids is 3.